The number of hydrogen-bond acceptors (Lipinski definition) is 3. The summed E-state index contributed by atoms with van der Waals surface area (Å²) >= 11 is 8.64. The lowest BCUT2D eigenvalue weighted by molar-refractivity contribution is 0.345. The highest BCUT2D eigenvalue weighted by atomic mass is 79.9. The van der Waals surface area contributed by atoms with Crippen molar-refractivity contribution in [1.82, 2.24) is 0 Å². The van der Waals surface area contributed by atoms with Gasteiger partial charge in [0, 0.05) is 0 Å². The van der Waals surface area contributed by atoms with E-state index in [0.29, 0.717) is 33.9 Å². The summed E-state index contributed by atoms with van der Waals surface area (Å²) in [5, 5.41) is 10.3. The molecule has 0 fully saturated rings. The summed E-state index contributed by atoms with van der Waals surface area (Å²) in [6.45, 7) is 0.392. The second-order valence-electron chi connectivity index (χ2n) is 2.89. The fourth-order valence-corrected chi connectivity index (χ4v) is 1.79. The number of halogens is 2. The molecule has 0 bridgehead atoms. The number of benzene rings is 1. The Balaban J connectivity index is 2.53. The van der Waals surface area contributed by atoms with Gasteiger partial charge in [0.05, 0.1) is 5.88 Å². The molecule has 1 aromatic heterocycles. The van der Waals surface area contributed by atoms with E-state index >= 15 is 0 Å². The largest absolute Gasteiger partial charge is 0.503 e. The molecule has 0 spiro atoms. The minimum atomic E-state index is 0.0511. The van der Waals surface area contributed by atoms with Gasteiger partial charge in [-0.15, -0.1) is 11.6 Å². The van der Waals surface area contributed by atoms with Crippen molar-refractivity contribution in [3.8, 4) is 11.5 Å². The van der Waals surface area contributed by atoms with E-state index in [-0.39, 0.29) is 5.75 Å². The molecule has 1 heterocycles. The molecule has 2 rings (SSSR count). The third-order valence-electron chi connectivity index (χ3n) is 1.95. The molecule has 80 valence electrons. The Hall–Kier alpha value is -0.870. The number of alkyl halides is 1. The minimum Gasteiger partial charge on any atom is -0.503 e. The average Bonchev–Trinajstić information content (AvgIpc) is 2.53. The molecule has 5 heteroatoms. The van der Waals surface area contributed by atoms with Crippen LogP contribution in [0.15, 0.2) is 27.3 Å². The van der Waals surface area contributed by atoms with Crippen molar-refractivity contribution in [2.45, 2.75) is 0 Å². The Kier molecular flexibility index (Phi) is 3.07. The smallest absolute Gasteiger partial charge is 0.212 e. The van der Waals surface area contributed by atoms with Crippen LogP contribution in [0, 0.1) is 0 Å². The first-order valence-corrected chi connectivity index (χ1v) is 5.65. The quantitative estimate of drug-likeness (QED) is 0.880. The molecule has 0 atom stereocenters. The summed E-state index contributed by atoms with van der Waals surface area (Å²) in [5.41, 5.74) is 0.575. The fourth-order valence-electron chi connectivity index (χ4n) is 1.34. The van der Waals surface area contributed by atoms with E-state index in [1.165, 1.54) is 0 Å². The third kappa shape index (κ3) is 1.92. The molecule has 0 aliphatic heterocycles. The SMILES string of the molecule is Oc1c(Br)oc2cccc(OCCCl)c12. The van der Waals surface area contributed by atoms with Crippen molar-refractivity contribution in [3.63, 3.8) is 0 Å². The Morgan fingerprint density at radius 1 is 1.47 bits per heavy atom. The van der Waals surface area contributed by atoms with E-state index < -0.39 is 0 Å². The highest BCUT2D eigenvalue weighted by Crippen LogP contribution is 2.40. The van der Waals surface area contributed by atoms with Crippen LogP contribution in [-0.4, -0.2) is 17.6 Å². The van der Waals surface area contributed by atoms with Gasteiger partial charge in [0.25, 0.3) is 0 Å². The summed E-state index contributed by atoms with van der Waals surface area (Å²) in [7, 11) is 0. The predicted octanol–water partition coefficient (Wildman–Crippen LogP) is 3.52. The molecule has 0 aliphatic carbocycles. The van der Waals surface area contributed by atoms with Crippen LogP contribution in [0.5, 0.6) is 11.5 Å². The highest BCUT2D eigenvalue weighted by molar-refractivity contribution is 9.10. The van der Waals surface area contributed by atoms with Gasteiger partial charge in [-0.05, 0) is 28.1 Å². The standard InChI is InChI=1S/C10H8BrClO3/c11-10-9(13)8-6(14-5-4-12)2-1-3-7(8)15-10/h1-3,13H,4-5H2. The summed E-state index contributed by atoms with van der Waals surface area (Å²) in [5.74, 6) is 1.02. The maximum Gasteiger partial charge on any atom is 0.212 e. The lowest BCUT2D eigenvalue weighted by atomic mass is 10.2. The summed E-state index contributed by atoms with van der Waals surface area (Å²) in [4.78, 5) is 0. The van der Waals surface area contributed by atoms with E-state index in [1.54, 1.807) is 18.2 Å². The summed E-state index contributed by atoms with van der Waals surface area (Å²) < 4.78 is 11.0. The maximum absolute atomic E-state index is 9.72. The van der Waals surface area contributed by atoms with Gasteiger partial charge in [-0.3, -0.25) is 0 Å². The zero-order valence-electron chi connectivity index (χ0n) is 7.67. The normalized spacial score (nSPS) is 10.8. The van der Waals surface area contributed by atoms with Crippen LogP contribution in [-0.2, 0) is 0 Å². The van der Waals surface area contributed by atoms with Crippen LogP contribution in [0.1, 0.15) is 0 Å². The third-order valence-corrected chi connectivity index (χ3v) is 2.64. The van der Waals surface area contributed by atoms with Crippen molar-refractivity contribution in [2.24, 2.45) is 0 Å². The topological polar surface area (TPSA) is 42.6 Å². The monoisotopic (exact) mass is 290 g/mol. The van der Waals surface area contributed by atoms with E-state index in [2.05, 4.69) is 15.9 Å². The zero-order chi connectivity index (χ0) is 10.8. The molecule has 0 amide bonds. The summed E-state index contributed by atoms with van der Waals surface area (Å²) in [6.07, 6.45) is 0. The molecular weight excluding hydrogens is 283 g/mol. The van der Waals surface area contributed by atoms with Crippen molar-refractivity contribution in [3.05, 3.63) is 22.9 Å². The fraction of sp³-hybridized carbons (Fsp3) is 0.200. The number of ether oxygens (including phenoxy) is 1. The first kappa shape index (κ1) is 10.6. The van der Waals surface area contributed by atoms with Gasteiger partial charge in [-0.1, -0.05) is 6.07 Å². The molecular formula is C10H8BrClO3. The van der Waals surface area contributed by atoms with Gasteiger partial charge in [0.2, 0.25) is 4.67 Å². The Morgan fingerprint density at radius 3 is 3.00 bits per heavy atom. The number of furan rings is 1. The molecule has 0 unspecified atom stereocenters. The Bertz CT molecular complexity index is 481. The molecule has 1 aromatic carbocycles. The van der Waals surface area contributed by atoms with Crippen molar-refractivity contribution in [2.75, 3.05) is 12.5 Å². The summed E-state index contributed by atoms with van der Waals surface area (Å²) in [6, 6.07) is 5.31. The minimum absolute atomic E-state index is 0.0511. The second kappa shape index (κ2) is 4.33. The number of hydrogen-bond donors (Lipinski definition) is 1. The van der Waals surface area contributed by atoms with Crippen LogP contribution in [0.25, 0.3) is 11.0 Å². The van der Waals surface area contributed by atoms with Gasteiger partial charge < -0.3 is 14.3 Å². The van der Waals surface area contributed by atoms with Crippen LogP contribution in [0.3, 0.4) is 0 Å². The molecule has 0 radical (unpaired) electrons. The van der Waals surface area contributed by atoms with Crippen LogP contribution < -0.4 is 4.74 Å². The molecule has 0 saturated heterocycles. The van der Waals surface area contributed by atoms with Crippen molar-refractivity contribution < 1.29 is 14.3 Å². The van der Waals surface area contributed by atoms with Gasteiger partial charge in [0.15, 0.2) is 5.75 Å². The molecule has 1 N–H and O–H groups in total. The number of aromatic hydroxyl groups is 1. The van der Waals surface area contributed by atoms with Crippen LogP contribution in [0.2, 0.25) is 0 Å². The van der Waals surface area contributed by atoms with Gasteiger partial charge in [0.1, 0.15) is 23.3 Å². The van der Waals surface area contributed by atoms with Gasteiger partial charge in [-0.2, -0.15) is 0 Å². The second-order valence-corrected chi connectivity index (χ2v) is 3.99. The van der Waals surface area contributed by atoms with E-state index in [4.69, 9.17) is 20.8 Å². The molecule has 3 nitrogen and oxygen atoms in total. The molecule has 15 heavy (non-hydrogen) atoms. The first-order chi connectivity index (χ1) is 7.24. The zero-order valence-corrected chi connectivity index (χ0v) is 10.0. The van der Waals surface area contributed by atoms with E-state index in [9.17, 15) is 5.11 Å². The van der Waals surface area contributed by atoms with Crippen molar-refractivity contribution >= 4 is 38.5 Å². The van der Waals surface area contributed by atoms with Gasteiger partial charge in [-0.25, -0.2) is 0 Å². The maximum atomic E-state index is 9.72. The van der Waals surface area contributed by atoms with Crippen LogP contribution >= 0.6 is 27.5 Å². The first-order valence-electron chi connectivity index (χ1n) is 4.32. The Labute approximate surface area is 99.7 Å². The van der Waals surface area contributed by atoms with E-state index in [0.717, 1.165) is 0 Å². The lowest BCUT2D eigenvalue weighted by Crippen LogP contribution is -1.97. The number of rotatable bonds is 3. The lowest BCUT2D eigenvalue weighted by Gasteiger charge is -2.04. The number of fused-ring (bicyclic) bond motifs is 1. The highest BCUT2D eigenvalue weighted by Gasteiger charge is 2.15. The molecule has 0 saturated carbocycles. The Morgan fingerprint density at radius 2 is 2.27 bits per heavy atom. The predicted molar refractivity (Wildman–Crippen MR) is 61.8 cm³/mol. The van der Waals surface area contributed by atoms with Crippen LogP contribution in [0.4, 0.5) is 0 Å². The van der Waals surface area contributed by atoms with E-state index in [1.807, 2.05) is 0 Å². The molecule has 0 aliphatic rings. The van der Waals surface area contributed by atoms with Crippen molar-refractivity contribution in [1.29, 1.82) is 0 Å². The average molecular weight is 292 g/mol. The van der Waals surface area contributed by atoms with Gasteiger partial charge >= 0.3 is 0 Å². The molecule has 2 aromatic rings.